The number of carbonyl (C=O) groups excluding carboxylic acids is 2. The summed E-state index contributed by atoms with van der Waals surface area (Å²) in [6.07, 6.45) is 3.82. The Balaban J connectivity index is 2.23. The van der Waals surface area contributed by atoms with Gasteiger partial charge in [0.15, 0.2) is 5.82 Å². The minimum atomic E-state index is -0.359. The number of hydrogen-bond donors (Lipinski definition) is 1. The molecule has 1 N–H and O–H groups in total. The molecular formula is C18H24N4O3. The van der Waals surface area contributed by atoms with E-state index in [1.807, 2.05) is 39.0 Å². The van der Waals surface area contributed by atoms with Crippen LogP contribution < -0.4 is 5.32 Å². The molecule has 134 valence electrons. The summed E-state index contributed by atoms with van der Waals surface area (Å²) in [6.45, 7) is 6.10. The summed E-state index contributed by atoms with van der Waals surface area (Å²) in [5.74, 6) is -0.203. The predicted molar refractivity (Wildman–Crippen MR) is 93.6 cm³/mol. The Morgan fingerprint density at radius 1 is 1.32 bits per heavy atom. The first-order valence-electron chi connectivity index (χ1n) is 8.34. The van der Waals surface area contributed by atoms with Gasteiger partial charge < -0.3 is 10.1 Å². The van der Waals surface area contributed by atoms with Gasteiger partial charge in [0, 0.05) is 12.7 Å². The van der Waals surface area contributed by atoms with Gasteiger partial charge in [-0.05, 0) is 24.5 Å². The van der Waals surface area contributed by atoms with E-state index in [0.717, 1.165) is 5.69 Å². The summed E-state index contributed by atoms with van der Waals surface area (Å²) in [7, 11) is 1.35. The van der Waals surface area contributed by atoms with Gasteiger partial charge in [0.2, 0.25) is 0 Å². The standard InChI is InChI=1S/C18H24N4O3/c1-5-13(18(24)25-4)10-20-17(23)14-11-21-22(16(14)12(2)3)15-8-6-7-9-19-15/h6-9,11-13H,5,10H2,1-4H3,(H,20,23). The van der Waals surface area contributed by atoms with E-state index in [1.54, 1.807) is 17.1 Å². The van der Waals surface area contributed by atoms with E-state index in [-0.39, 0.29) is 30.3 Å². The van der Waals surface area contributed by atoms with Gasteiger partial charge in [-0.3, -0.25) is 9.59 Å². The van der Waals surface area contributed by atoms with E-state index in [2.05, 4.69) is 15.4 Å². The highest BCUT2D eigenvalue weighted by molar-refractivity contribution is 5.95. The monoisotopic (exact) mass is 344 g/mol. The average molecular weight is 344 g/mol. The highest BCUT2D eigenvalue weighted by Gasteiger charge is 2.23. The second-order valence-electron chi connectivity index (χ2n) is 6.04. The van der Waals surface area contributed by atoms with Crippen molar-refractivity contribution in [1.82, 2.24) is 20.1 Å². The van der Waals surface area contributed by atoms with Crippen LogP contribution in [0.4, 0.5) is 0 Å². The van der Waals surface area contributed by atoms with Crippen molar-refractivity contribution in [2.45, 2.75) is 33.1 Å². The lowest BCUT2D eigenvalue weighted by Gasteiger charge is -2.15. The van der Waals surface area contributed by atoms with Crippen LogP contribution in [0, 0.1) is 5.92 Å². The summed E-state index contributed by atoms with van der Waals surface area (Å²) in [5.41, 5.74) is 1.27. The van der Waals surface area contributed by atoms with Crippen LogP contribution in [0.15, 0.2) is 30.6 Å². The lowest BCUT2D eigenvalue weighted by Crippen LogP contribution is -2.33. The molecule has 1 amide bonds. The van der Waals surface area contributed by atoms with Crippen molar-refractivity contribution in [3.05, 3.63) is 41.9 Å². The maximum Gasteiger partial charge on any atom is 0.310 e. The molecule has 0 saturated carbocycles. The second kappa shape index (κ2) is 8.41. The number of nitrogens with zero attached hydrogens (tertiary/aromatic N) is 3. The SMILES string of the molecule is CCC(CNC(=O)c1cnn(-c2ccccn2)c1C(C)C)C(=O)OC. The summed E-state index contributed by atoms with van der Waals surface area (Å²) >= 11 is 0. The molecule has 2 rings (SSSR count). The number of amides is 1. The largest absolute Gasteiger partial charge is 0.469 e. The molecule has 0 aliphatic carbocycles. The second-order valence-corrected chi connectivity index (χ2v) is 6.04. The fraction of sp³-hybridized carbons (Fsp3) is 0.444. The van der Waals surface area contributed by atoms with Gasteiger partial charge in [-0.2, -0.15) is 5.10 Å². The molecular weight excluding hydrogens is 320 g/mol. The van der Waals surface area contributed by atoms with Crippen molar-refractivity contribution in [2.24, 2.45) is 5.92 Å². The van der Waals surface area contributed by atoms with Crippen molar-refractivity contribution >= 4 is 11.9 Å². The van der Waals surface area contributed by atoms with Crippen molar-refractivity contribution in [3.8, 4) is 5.82 Å². The topological polar surface area (TPSA) is 86.1 Å². The number of methoxy groups -OCH3 is 1. The molecule has 1 unspecified atom stereocenters. The van der Waals surface area contributed by atoms with Gasteiger partial charge in [0.1, 0.15) is 0 Å². The molecule has 0 aromatic carbocycles. The van der Waals surface area contributed by atoms with Crippen LogP contribution in [0.5, 0.6) is 0 Å². The van der Waals surface area contributed by atoms with Crippen LogP contribution in [-0.4, -0.2) is 40.3 Å². The molecule has 7 nitrogen and oxygen atoms in total. The quantitative estimate of drug-likeness (QED) is 0.779. The average Bonchev–Trinajstić information content (AvgIpc) is 3.08. The van der Waals surface area contributed by atoms with Gasteiger partial charge in [-0.15, -0.1) is 0 Å². The Bertz CT molecular complexity index is 725. The maximum atomic E-state index is 12.6. The van der Waals surface area contributed by atoms with Crippen LogP contribution in [0.2, 0.25) is 0 Å². The molecule has 7 heteroatoms. The molecule has 0 aliphatic heterocycles. The number of carbonyl (C=O) groups is 2. The van der Waals surface area contributed by atoms with E-state index < -0.39 is 0 Å². The lowest BCUT2D eigenvalue weighted by atomic mass is 10.0. The van der Waals surface area contributed by atoms with E-state index in [4.69, 9.17) is 4.74 Å². The van der Waals surface area contributed by atoms with E-state index in [9.17, 15) is 9.59 Å². The summed E-state index contributed by atoms with van der Waals surface area (Å²) in [4.78, 5) is 28.6. The number of aromatic nitrogens is 3. The zero-order valence-electron chi connectivity index (χ0n) is 15.0. The summed E-state index contributed by atoms with van der Waals surface area (Å²) in [6, 6.07) is 5.54. The zero-order valence-corrected chi connectivity index (χ0v) is 15.0. The van der Waals surface area contributed by atoms with Crippen LogP contribution in [-0.2, 0) is 9.53 Å². The molecule has 0 spiro atoms. The predicted octanol–water partition coefficient (Wildman–Crippen LogP) is 2.32. The fourth-order valence-electron chi connectivity index (χ4n) is 2.62. The van der Waals surface area contributed by atoms with E-state index in [0.29, 0.717) is 17.8 Å². The van der Waals surface area contributed by atoms with Gasteiger partial charge in [0.25, 0.3) is 5.91 Å². The van der Waals surface area contributed by atoms with E-state index in [1.165, 1.54) is 7.11 Å². The minimum Gasteiger partial charge on any atom is -0.469 e. The van der Waals surface area contributed by atoms with Crippen LogP contribution in [0.3, 0.4) is 0 Å². The van der Waals surface area contributed by atoms with Gasteiger partial charge in [-0.25, -0.2) is 9.67 Å². The number of nitrogens with one attached hydrogen (secondary N) is 1. The molecule has 2 heterocycles. The third-order valence-corrected chi connectivity index (χ3v) is 4.00. The normalized spacial score (nSPS) is 12.0. The first-order valence-corrected chi connectivity index (χ1v) is 8.34. The number of hydrogen-bond acceptors (Lipinski definition) is 5. The molecule has 0 bridgehead atoms. The van der Waals surface area contributed by atoms with Gasteiger partial charge >= 0.3 is 5.97 Å². The Kier molecular flexibility index (Phi) is 6.27. The number of rotatable bonds is 7. The molecule has 25 heavy (non-hydrogen) atoms. The third-order valence-electron chi connectivity index (χ3n) is 4.00. The molecule has 0 fully saturated rings. The molecule has 1 atom stereocenters. The molecule has 0 aliphatic rings. The summed E-state index contributed by atoms with van der Waals surface area (Å²) < 4.78 is 6.43. The first-order chi connectivity index (χ1) is 12.0. The maximum absolute atomic E-state index is 12.6. The molecule has 0 saturated heterocycles. The van der Waals surface area contributed by atoms with Crippen molar-refractivity contribution in [3.63, 3.8) is 0 Å². The lowest BCUT2D eigenvalue weighted by molar-refractivity contribution is -0.145. The van der Waals surface area contributed by atoms with Crippen LogP contribution in [0.1, 0.15) is 49.2 Å². The molecule has 0 radical (unpaired) electrons. The Labute approximate surface area is 147 Å². The first kappa shape index (κ1) is 18.6. The van der Waals surface area contributed by atoms with Gasteiger partial charge in [0.05, 0.1) is 30.5 Å². The highest BCUT2D eigenvalue weighted by Crippen LogP contribution is 2.22. The number of ether oxygens (including phenoxy) is 1. The smallest absolute Gasteiger partial charge is 0.310 e. The van der Waals surface area contributed by atoms with E-state index >= 15 is 0 Å². The van der Waals surface area contributed by atoms with Gasteiger partial charge in [-0.1, -0.05) is 26.8 Å². The third kappa shape index (κ3) is 4.23. The Hall–Kier alpha value is -2.70. The number of pyridine rings is 1. The Morgan fingerprint density at radius 3 is 2.64 bits per heavy atom. The fourth-order valence-corrected chi connectivity index (χ4v) is 2.62. The highest BCUT2D eigenvalue weighted by atomic mass is 16.5. The van der Waals surface area contributed by atoms with Crippen molar-refractivity contribution in [2.75, 3.05) is 13.7 Å². The molecule has 2 aromatic heterocycles. The van der Waals surface area contributed by atoms with Crippen LogP contribution >= 0.6 is 0 Å². The Morgan fingerprint density at radius 2 is 2.08 bits per heavy atom. The molecule has 2 aromatic rings. The van der Waals surface area contributed by atoms with Crippen molar-refractivity contribution in [1.29, 1.82) is 0 Å². The number of esters is 1. The summed E-state index contributed by atoms with van der Waals surface area (Å²) in [5, 5.41) is 7.14. The van der Waals surface area contributed by atoms with Crippen LogP contribution in [0.25, 0.3) is 5.82 Å². The minimum absolute atomic E-state index is 0.0767. The van der Waals surface area contributed by atoms with Crippen molar-refractivity contribution < 1.29 is 14.3 Å². The zero-order chi connectivity index (χ0) is 18.4.